The van der Waals surface area contributed by atoms with Crippen molar-refractivity contribution in [2.24, 2.45) is 22.7 Å². The van der Waals surface area contributed by atoms with Gasteiger partial charge in [-0.15, -0.1) is 6.58 Å². The van der Waals surface area contributed by atoms with Gasteiger partial charge in [0.2, 0.25) is 0 Å². The van der Waals surface area contributed by atoms with Crippen LogP contribution in [0, 0.1) is 22.7 Å². The number of Topliss-reactive ketones (excluding diaryl/α,β-unsaturated/α-hetero) is 1. The summed E-state index contributed by atoms with van der Waals surface area (Å²) in [6.45, 7) is 13.8. The Morgan fingerprint density at radius 1 is 1.30 bits per heavy atom. The van der Waals surface area contributed by atoms with Gasteiger partial charge in [-0.3, -0.25) is 4.79 Å². The zero-order valence-corrected chi connectivity index (χ0v) is 15.5. The number of rotatable bonds is 4. The van der Waals surface area contributed by atoms with E-state index in [1.54, 1.807) is 13.0 Å². The van der Waals surface area contributed by atoms with Gasteiger partial charge in [-0.1, -0.05) is 26.8 Å². The van der Waals surface area contributed by atoms with Crippen LogP contribution in [0.25, 0.3) is 0 Å². The molecule has 0 saturated heterocycles. The van der Waals surface area contributed by atoms with Crippen molar-refractivity contribution >= 4 is 5.78 Å². The molecule has 0 unspecified atom stereocenters. The minimum absolute atomic E-state index is 0.0591. The quantitative estimate of drug-likeness (QED) is 0.772. The lowest BCUT2D eigenvalue weighted by Crippen LogP contribution is -2.59. The van der Waals surface area contributed by atoms with E-state index < -0.39 is 11.2 Å². The summed E-state index contributed by atoms with van der Waals surface area (Å²) in [5.74, 6) is 0.751. The first-order chi connectivity index (χ1) is 10.4. The summed E-state index contributed by atoms with van der Waals surface area (Å²) in [6.07, 6.45) is 6.00. The van der Waals surface area contributed by atoms with E-state index in [1.807, 2.05) is 6.92 Å². The summed E-state index contributed by atoms with van der Waals surface area (Å²) in [6, 6.07) is 0. The molecular formula is C20H34O3. The van der Waals surface area contributed by atoms with Crippen LogP contribution in [0.1, 0.15) is 73.1 Å². The third-order valence-corrected chi connectivity index (χ3v) is 7.14. The number of ketones is 1. The smallest absolute Gasteiger partial charge is 0.138 e. The molecule has 0 aromatic rings. The van der Waals surface area contributed by atoms with E-state index in [2.05, 4.69) is 27.4 Å². The van der Waals surface area contributed by atoms with Crippen LogP contribution in [0.4, 0.5) is 0 Å². The second kappa shape index (κ2) is 5.70. The van der Waals surface area contributed by atoms with Crippen LogP contribution in [0.5, 0.6) is 0 Å². The molecule has 0 spiro atoms. The van der Waals surface area contributed by atoms with Crippen molar-refractivity contribution in [3.63, 3.8) is 0 Å². The van der Waals surface area contributed by atoms with Gasteiger partial charge in [-0.05, 0) is 63.2 Å². The van der Waals surface area contributed by atoms with Crippen molar-refractivity contribution in [3.8, 4) is 0 Å². The standard InChI is InChI=1S/C20H34O3/c1-7-18(4,22)11-8-15-19(5)12-10-16(21)17(2,3)14(19)9-13-20(15,6)23/h7,14-15,22-23H,1,8-13H2,2-6H3/t14-,15+,18-,19-,20+/m0/s1. The number of hydrogen-bond donors (Lipinski definition) is 2. The van der Waals surface area contributed by atoms with Crippen molar-refractivity contribution in [3.05, 3.63) is 12.7 Å². The third-order valence-electron chi connectivity index (χ3n) is 7.14. The summed E-state index contributed by atoms with van der Waals surface area (Å²) in [4.78, 5) is 12.4. The number of fused-ring (bicyclic) bond motifs is 1. The van der Waals surface area contributed by atoms with Gasteiger partial charge in [-0.2, -0.15) is 0 Å². The highest BCUT2D eigenvalue weighted by molar-refractivity contribution is 5.85. The molecule has 23 heavy (non-hydrogen) atoms. The normalized spacial score (nSPS) is 42.7. The lowest BCUT2D eigenvalue weighted by Gasteiger charge is -2.60. The van der Waals surface area contributed by atoms with Crippen molar-refractivity contribution in [2.45, 2.75) is 84.3 Å². The molecule has 0 bridgehead atoms. The van der Waals surface area contributed by atoms with Gasteiger partial charge in [0.25, 0.3) is 0 Å². The zero-order valence-electron chi connectivity index (χ0n) is 15.5. The van der Waals surface area contributed by atoms with Crippen LogP contribution < -0.4 is 0 Å². The van der Waals surface area contributed by atoms with Gasteiger partial charge < -0.3 is 10.2 Å². The van der Waals surface area contributed by atoms with Gasteiger partial charge in [0.05, 0.1) is 11.2 Å². The molecule has 132 valence electrons. The van der Waals surface area contributed by atoms with Crippen molar-refractivity contribution < 1.29 is 15.0 Å². The van der Waals surface area contributed by atoms with Crippen LogP contribution in [0.15, 0.2) is 12.7 Å². The molecule has 2 fully saturated rings. The number of aliphatic hydroxyl groups is 2. The number of carbonyl (C=O) groups is 1. The zero-order chi connectivity index (χ0) is 17.7. The maximum Gasteiger partial charge on any atom is 0.138 e. The van der Waals surface area contributed by atoms with E-state index in [0.29, 0.717) is 24.5 Å². The molecule has 0 radical (unpaired) electrons. The molecule has 2 N–H and O–H groups in total. The van der Waals surface area contributed by atoms with E-state index in [-0.39, 0.29) is 16.7 Å². The summed E-state index contributed by atoms with van der Waals surface area (Å²) in [5.41, 5.74) is -2.02. The maximum absolute atomic E-state index is 12.4. The fourth-order valence-electron chi connectivity index (χ4n) is 5.51. The highest BCUT2D eigenvalue weighted by atomic mass is 16.3. The molecular weight excluding hydrogens is 288 g/mol. The number of carbonyl (C=O) groups excluding carboxylic acids is 1. The molecule has 2 aliphatic carbocycles. The van der Waals surface area contributed by atoms with Gasteiger partial charge in [0.15, 0.2) is 0 Å². The van der Waals surface area contributed by atoms with Crippen molar-refractivity contribution in [2.75, 3.05) is 0 Å². The van der Waals surface area contributed by atoms with Crippen LogP contribution in [-0.4, -0.2) is 27.2 Å². The van der Waals surface area contributed by atoms with Crippen molar-refractivity contribution in [1.82, 2.24) is 0 Å². The van der Waals surface area contributed by atoms with Gasteiger partial charge in [-0.25, -0.2) is 0 Å². The molecule has 5 atom stereocenters. The predicted molar refractivity (Wildman–Crippen MR) is 93.0 cm³/mol. The summed E-state index contributed by atoms with van der Waals surface area (Å²) < 4.78 is 0. The molecule has 2 aliphatic rings. The lowest BCUT2D eigenvalue weighted by molar-refractivity contribution is -0.179. The SMILES string of the molecule is C=C[C@](C)(O)CC[C@@H]1[C@@]2(C)CCC(=O)C(C)(C)[C@@H]2CC[C@@]1(C)O. The van der Waals surface area contributed by atoms with E-state index in [1.165, 1.54) is 0 Å². The molecule has 0 aromatic carbocycles. The van der Waals surface area contributed by atoms with Gasteiger partial charge in [0.1, 0.15) is 5.78 Å². The molecule has 3 nitrogen and oxygen atoms in total. The van der Waals surface area contributed by atoms with Crippen molar-refractivity contribution in [1.29, 1.82) is 0 Å². The van der Waals surface area contributed by atoms with E-state index >= 15 is 0 Å². The largest absolute Gasteiger partial charge is 0.390 e. The second-order valence-corrected chi connectivity index (χ2v) is 9.25. The minimum Gasteiger partial charge on any atom is -0.390 e. The Bertz CT molecular complexity index is 489. The van der Waals surface area contributed by atoms with Crippen LogP contribution in [0.3, 0.4) is 0 Å². The molecule has 2 saturated carbocycles. The minimum atomic E-state index is -0.903. The summed E-state index contributed by atoms with van der Waals surface area (Å²) in [5, 5.41) is 21.3. The first-order valence-electron chi connectivity index (χ1n) is 8.98. The fraction of sp³-hybridized carbons (Fsp3) is 0.850. The predicted octanol–water partition coefficient (Wildman–Crippen LogP) is 3.88. The molecule has 0 amide bonds. The maximum atomic E-state index is 12.4. The Hall–Kier alpha value is -0.670. The average Bonchev–Trinajstić information content (AvgIpc) is 2.42. The summed E-state index contributed by atoms with van der Waals surface area (Å²) >= 11 is 0. The Kier molecular flexibility index (Phi) is 4.63. The Labute approximate surface area is 141 Å². The van der Waals surface area contributed by atoms with E-state index in [4.69, 9.17) is 0 Å². The van der Waals surface area contributed by atoms with Gasteiger partial charge >= 0.3 is 0 Å². The monoisotopic (exact) mass is 322 g/mol. The molecule has 0 heterocycles. The summed E-state index contributed by atoms with van der Waals surface area (Å²) in [7, 11) is 0. The average molecular weight is 322 g/mol. The fourth-order valence-corrected chi connectivity index (χ4v) is 5.51. The highest BCUT2D eigenvalue weighted by Gasteiger charge is 2.60. The Morgan fingerprint density at radius 2 is 1.91 bits per heavy atom. The molecule has 2 rings (SSSR count). The van der Waals surface area contributed by atoms with Gasteiger partial charge in [0, 0.05) is 11.8 Å². The Balaban J connectivity index is 2.33. The highest BCUT2D eigenvalue weighted by Crippen LogP contribution is 2.62. The molecule has 0 aliphatic heterocycles. The van der Waals surface area contributed by atoms with Crippen LogP contribution >= 0.6 is 0 Å². The topological polar surface area (TPSA) is 57.5 Å². The van der Waals surface area contributed by atoms with E-state index in [0.717, 1.165) is 25.7 Å². The first-order valence-corrected chi connectivity index (χ1v) is 8.98. The molecule has 3 heteroatoms. The first kappa shape index (κ1) is 18.7. The van der Waals surface area contributed by atoms with Crippen LogP contribution in [0.2, 0.25) is 0 Å². The lowest BCUT2D eigenvalue weighted by atomic mass is 9.44. The second-order valence-electron chi connectivity index (χ2n) is 9.25. The van der Waals surface area contributed by atoms with Crippen LogP contribution in [-0.2, 0) is 4.79 Å². The molecule has 0 aromatic heterocycles. The third kappa shape index (κ3) is 3.15. The Morgan fingerprint density at radius 3 is 2.48 bits per heavy atom. The number of hydrogen-bond acceptors (Lipinski definition) is 3. The van der Waals surface area contributed by atoms with E-state index in [9.17, 15) is 15.0 Å².